The van der Waals surface area contributed by atoms with Crippen molar-refractivity contribution in [2.75, 3.05) is 12.3 Å². The number of aromatic nitrogens is 1. The van der Waals surface area contributed by atoms with E-state index in [0.717, 1.165) is 5.69 Å². The Morgan fingerprint density at radius 1 is 1.32 bits per heavy atom. The first-order valence-corrected chi connectivity index (χ1v) is 7.26. The summed E-state index contributed by atoms with van der Waals surface area (Å²) < 4.78 is 5.60. The first-order chi connectivity index (χ1) is 10.6. The lowest BCUT2D eigenvalue weighted by molar-refractivity contribution is 0.0950. The molecule has 116 valence electrons. The normalized spacial score (nSPS) is 10.5. The zero-order valence-corrected chi connectivity index (χ0v) is 12.9. The summed E-state index contributed by atoms with van der Waals surface area (Å²) in [6.45, 7) is 5.10. The molecule has 22 heavy (non-hydrogen) atoms. The average Bonchev–Trinajstić information content (AvgIpc) is 2.52. The van der Waals surface area contributed by atoms with Crippen LogP contribution < -0.4 is 15.8 Å². The summed E-state index contributed by atoms with van der Waals surface area (Å²) in [7, 11) is 0. The van der Waals surface area contributed by atoms with Gasteiger partial charge in [-0.3, -0.25) is 9.78 Å². The van der Waals surface area contributed by atoms with Crippen LogP contribution in [0.3, 0.4) is 0 Å². The summed E-state index contributed by atoms with van der Waals surface area (Å²) >= 11 is 0. The van der Waals surface area contributed by atoms with Gasteiger partial charge in [0.25, 0.3) is 5.91 Å². The third-order valence-electron chi connectivity index (χ3n) is 3.00. The standard InChI is InChI=1S/C17H21N3O2/c1-12(2)11-22-16-7-6-13(9-15(16)18)17(21)20-10-14-5-3-4-8-19-14/h3-9,12H,10-11,18H2,1-2H3,(H,20,21). The molecule has 0 fully saturated rings. The van der Waals surface area contributed by atoms with Gasteiger partial charge in [-0.2, -0.15) is 0 Å². The second-order valence-corrected chi connectivity index (χ2v) is 5.46. The van der Waals surface area contributed by atoms with E-state index < -0.39 is 0 Å². The highest BCUT2D eigenvalue weighted by atomic mass is 16.5. The van der Waals surface area contributed by atoms with E-state index in [0.29, 0.717) is 36.1 Å². The molecule has 0 aliphatic heterocycles. The first-order valence-electron chi connectivity index (χ1n) is 7.26. The highest BCUT2D eigenvalue weighted by Crippen LogP contribution is 2.23. The zero-order valence-electron chi connectivity index (χ0n) is 12.9. The molecule has 0 atom stereocenters. The van der Waals surface area contributed by atoms with Gasteiger partial charge in [0.2, 0.25) is 0 Å². The molecule has 0 radical (unpaired) electrons. The Hall–Kier alpha value is -2.56. The van der Waals surface area contributed by atoms with Gasteiger partial charge in [-0.05, 0) is 36.2 Å². The fourth-order valence-electron chi connectivity index (χ4n) is 1.85. The Bertz CT molecular complexity index is 627. The fraction of sp³-hybridized carbons (Fsp3) is 0.294. The van der Waals surface area contributed by atoms with Gasteiger partial charge in [0.15, 0.2) is 0 Å². The van der Waals surface area contributed by atoms with Gasteiger partial charge in [0, 0.05) is 11.8 Å². The number of carbonyl (C=O) groups excluding carboxylic acids is 1. The van der Waals surface area contributed by atoms with Crippen LogP contribution in [0.15, 0.2) is 42.6 Å². The quantitative estimate of drug-likeness (QED) is 0.804. The molecule has 1 heterocycles. The van der Waals surface area contributed by atoms with Gasteiger partial charge in [-0.25, -0.2) is 0 Å². The fourth-order valence-corrected chi connectivity index (χ4v) is 1.85. The first kappa shape index (κ1) is 15.8. The summed E-state index contributed by atoms with van der Waals surface area (Å²) in [5, 5.41) is 2.81. The van der Waals surface area contributed by atoms with Crippen molar-refractivity contribution in [2.24, 2.45) is 5.92 Å². The van der Waals surface area contributed by atoms with E-state index in [2.05, 4.69) is 24.1 Å². The van der Waals surface area contributed by atoms with Crippen LogP contribution >= 0.6 is 0 Å². The number of pyridine rings is 1. The predicted octanol–water partition coefficient (Wildman–Crippen LogP) is 2.63. The summed E-state index contributed by atoms with van der Waals surface area (Å²) in [4.78, 5) is 16.3. The average molecular weight is 299 g/mol. The van der Waals surface area contributed by atoms with Crippen LogP contribution in [0, 0.1) is 5.92 Å². The van der Waals surface area contributed by atoms with E-state index in [1.807, 2.05) is 18.2 Å². The largest absolute Gasteiger partial charge is 0.491 e. The Labute approximate surface area is 130 Å². The minimum absolute atomic E-state index is 0.187. The molecule has 5 heteroatoms. The maximum Gasteiger partial charge on any atom is 0.251 e. The van der Waals surface area contributed by atoms with Crippen molar-refractivity contribution in [3.8, 4) is 5.75 Å². The molecule has 0 unspecified atom stereocenters. The van der Waals surface area contributed by atoms with Gasteiger partial charge in [-0.1, -0.05) is 19.9 Å². The van der Waals surface area contributed by atoms with E-state index in [-0.39, 0.29) is 5.91 Å². The van der Waals surface area contributed by atoms with Crippen LogP contribution in [0.4, 0.5) is 5.69 Å². The number of nitrogens with zero attached hydrogens (tertiary/aromatic N) is 1. The second kappa shape index (κ2) is 7.45. The zero-order chi connectivity index (χ0) is 15.9. The minimum Gasteiger partial charge on any atom is -0.491 e. The Kier molecular flexibility index (Phi) is 5.36. The highest BCUT2D eigenvalue weighted by molar-refractivity contribution is 5.95. The molecule has 0 aliphatic carbocycles. The van der Waals surface area contributed by atoms with E-state index >= 15 is 0 Å². The molecule has 1 amide bonds. The van der Waals surface area contributed by atoms with Gasteiger partial charge in [0.05, 0.1) is 24.5 Å². The lowest BCUT2D eigenvalue weighted by Crippen LogP contribution is -2.23. The lowest BCUT2D eigenvalue weighted by atomic mass is 10.1. The van der Waals surface area contributed by atoms with E-state index in [9.17, 15) is 4.79 Å². The number of rotatable bonds is 6. The second-order valence-electron chi connectivity index (χ2n) is 5.46. The van der Waals surface area contributed by atoms with Crippen molar-refractivity contribution in [1.82, 2.24) is 10.3 Å². The van der Waals surface area contributed by atoms with E-state index in [1.54, 1.807) is 24.4 Å². The molecule has 5 nitrogen and oxygen atoms in total. The molecular formula is C17H21N3O2. The number of benzene rings is 1. The van der Waals surface area contributed by atoms with Gasteiger partial charge in [0.1, 0.15) is 5.75 Å². The van der Waals surface area contributed by atoms with Crippen molar-refractivity contribution >= 4 is 11.6 Å². The number of carbonyl (C=O) groups is 1. The molecule has 1 aromatic carbocycles. The number of amides is 1. The molecule has 0 bridgehead atoms. The van der Waals surface area contributed by atoms with Gasteiger partial charge >= 0.3 is 0 Å². The summed E-state index contributed by atoms with van der Waals surface area (Å²) in [5.74, 6) is 0.837. The van der Waals surface area contributed by atoms with Crippen LogP contribution in [0.5, 0.6) is 5.75 Å². The SMILES string of the molecule is CC(C)COc1ccc(C(=O)NCc2ccccn2)cc1N. The van der Waals surface area contributed by atoms with Gasteiger partial charge in [-0.15, -0.1) is 0 Å². The molecule has 3 N–H and O–H groups in total. The lowest BCUT2D eigenvalue weighted by Gasteiger charge is -2.12. The Balaban J connectivity index is 1.97. The molecule has 0 aliphatic rings. The maximum atomic E-state index is 12.1. The molecule has 0 spiro atoms. The molecule has 2 aromatic rings. The Morgan fingerprint density at radius 3 is 2.77 bits per heavy atom. The maximum absolute atomic E-state index is 12.1. The third-order valence-corrected chi connectivity index (χ3v) is 3.00. The topological polar surface area (TPSA) is 77.2 Å². The number of ether oxygens (including phenoxy) is 1. The monoisotopic (exact) mass is 299 g/mol. The predicted molar refractivity (Wildman–Crippen MR) is 86.6 cm³/mol. The van der Waals surface area contributed by atoms with Crippen LogP contribution in [-0.2, 0) is 6.54 Å². The van der Waals surface area contributed by atoms with Crippen molar-refractivity contribution in [1.29, 1.82) is 0 Å². The molecule has 0 saturated heterocycles. The van der Waals surface area contributed by atoms with Crippen molar-refractivity contribution < 1.29 is 9.53 Å². The number of nitrogen functional groups attached to an aromatic ring is 1. The van der Waals surface area contributed by atoms with Crippen molar-refractivity contribution in [3.05, 3.63) is 53.9 Å². The molecule has 1 aromatic heterocycles. The smallest absolute Gasteiger partial charge is 0.251 e. The van der Waals surface area contributed by atoms with Crippen LogP contribution in [-0.4, -0.2) is 17.5 Å². The number of nitrogens with one attached hydrogen (secondary N) is 1. The Morgan fingerprint density at radius 2 is 2.14 bits per heavy atom. The van der Waals surface area contributed by atoms with E-state index in [4.69, 9.17) is 10.5 Å². The highest BCUT2D eigenvalue weighted by Gasteiger charge is 2.09. The van der Waals surface area contributed by atoms with Gasteiger partial charge < -0.3 is 15.8 Å². The summed E-state index contributed by atoms with van der Waals surface area (Å²) in [6, 6.07) is 10.6. The summed E-state index contributed by atoms with van der Waals surface area (Å²) in [5.41, 5.74) is 7.71. The third kappa shape index (κ3) is 4.48. The summed E-state index contributed by atoms with van der Waals surface area (Å²) in [6.07, 6.45) is 1.69. The van der Waals surface area contributed by atoms with Crippen LogP contribution in [0.25, 0.3) is 0 Å². The van der Waals surface area contributed by atoms with Crippen LogP contribution in [0.1, 0.15) is 29.9 Å². The molecule has 2 rings (SSSR count). The number of hydrogen-bond donors (Lipinski definition) is 2. The van der Waals surface area contributed by atoms with Crippen LogP contribution in [0.2, 0.25) is 0 Å². The molecular weight excluding hydrogens is 278 g/mol. The number of hydrogen-bond acceptors (Lipinski definition) is 4. The number of nitrogens with two attached hydrogens (primary N) is 1. The number of anilines is 1. The minimum atomic E-state index is -0.187. The molecule has 0 saturated carbocycles. The van der Waals surface area contributed by atoms with E-state index in [1.165, 1.54) is 0 Å². The van der Waals surface area contributed by atoms with Crippen molar-refractivity contribution in [3.63, 3.8) is 0 Å². The van der Waals surface area contributed by atoms with Crippen molar-refractivity contribution in [2.45, 2.75) is 20.4 Å².